The van der Waals surface area contributed by atoms with Gasteiger partial charge >= 0.3 is 5.97 Å². The summed E-state index contributed by atoms with van der Waals surface area (Å²) in [5.74, 6) is 0.232. The lowest BCUT2D eigenvalue weighted by Crippen LogP contribution is -2.28. The summed E-state index contributed by atoms with van der Waals surface area (Å²) >= 11 is 0. The molecule has 0 aliphatic rings. The predicted octanol–water partition coefficient (Wildman–Crippen LogP) is 7.79. The standard InChI is InChI=1S/C33H29O3S/c1-33(2,27-21-20-25-12-9-10-13-26(25)22-27)36-32(34)24-35-28-14-11-19-31(23-28)37(29-15-5-3-6-16-29)30-17-7-4-8-18-30/h3-23H,24H2,1-2H3/q+1. The molecule has 0 atom stereocenters. The van der Waals surface area contributed by atoms with Crippen LogP contribution in [-0.4, -0.2) is 12.6 Å². The van der Waals surface area contributed by atoms with Crippen molar-refractivity contribution in [1.29, 1.82) is 0 Å². The molecule has 0 bridgehead atoms. The fourth-order valence-corrected chi connectivity index (χ4v) is 6.42. The summed E-state index contributed by atoms with van der Waals surface area (Å²) in [7, 11) is -0.288. The molecule has 5 aromatic carbocycles. The van der Waals surface area contributed by atoms with Crippen LogP contribution in [0, 0.1) is 0 Å². The second-order valence-electron chi connectivity index (χ2n) is 9.24. The van der Waals surface area contributed by atoms with Gasteiger partial charge in [-0.2, -0.15) is 0 Å². The Morgan fingerprint density at radius 3 is 1.92 bits per heavy atom. The zero-order chi connectivity index (χ0) is 25.7. The van der Waals surface area contributed by atoms with Crippen molar-refractivity contribution >= 4 is 27.6 Å². The molecule has 0 N–H and O–H groups in total. The molecule has 0 fully saturated rings. The highest BCUT2D eigenvalue weighted by molar-refractivity contribution is 7.97. The first-order chi connectivity index (χ1) is 18.0. The topological polar surface area (TPSA) is 35.5 Å². The molecule has 0 unspecified atom stereocenters. The van der Waals surface area contributed by atoms with E-state index >= 15 is 0 Å². The van der Waals surface area contributed by atoms with Gasteiger partial charge in [-0.05, 0) is 72.6 Å². The van der Waals surface area contributed by atoms with E-state index in [2.05, 4.69) is 78.9 Å². The van der Waals surface area contributed by atoms with Gasteiger partial charge in [-0.15, -0.1) is 0 Å². The van der Waals surface area contributed by atoms with Crippen LogP contribution in [-0.2, 0) is 26.0 Å². The number of carbonyl (C=O) groups is 1. The summed E-state index contributed by atoms with van der Waals surface area (Å²) in [6, 6.07) is 43.2. The highest BCUT2D eigenvalue weighted by Gasteiger charge is 2.29. The number of fused-ring (bicyclic) bond motifs is 1. The van der Waals surface area contributed by atoms with E-state index in [1.54, 1.807) is 0 Å². The average molecular weight is 506 g/mol. The van der Waals surface area contributed by atoms with E-state index in [-0.39, 0.29) is 17.5 Å². The van der Waals surface area contributed by atoms with E-state index in [0.29, 0.717) is 5.75 Å². The highest BCUT2D eigenvalue weighted by Crippen LogP contribution is 2.33. The Hall–Kier alpha value is -4.02. The van der Waals surface area contributed by atoms with Crippen LogP contribution in [0.15, 0.2) is 142 Å². The minimum absolute atomic E-state index is 0.162. The Labute approximate surface area is 221 Å². The van der Waals surface area contributed by atoms with Crippen LogP contribution in [0.5, 0.6) is 5.75 Å². The Balaban J connectivity index is 1.30. The lowest BCUT2D eigenvalue weighted by atomic mass is 9.95. The van der Waals surface area contributed by atoms with Crippen LogP contribution in [0.4, 0.5) is 0 Å². The van der Waals surface area contributed by atoms with Gasteiger partial charge in [0.2, 0.25) is 0 Å². The predicted molar refractivity (Wildman–Crippen MR) is 150 cm³/mol. The monoisotopic (exact) mass is 505 g/mol. The van der Waals surface area contributed by atoms with Crippen molar-refractivity contribution < 1.29 is 14.3 Å². The summed E-state index contributed by atoms with van der Waals surface area (Å²) in [6.07, 6.45) is 0. The molecule has 0 aliphatic carbocycles. The molecule has 0 spiro atoms. The van der Waals surface area contributed by atoms with Crippen molar-refractivity contribution in [2.45, 2.75) is 34.1 Å². The van der Waals surface area contributed by atoms with Gasteiger partial charge in [0.25, 0.3) is 0 Å². The number of hydrogen-bond donors (Lipinski definition) is 0. The maximum atomic E-state index is 12.8. The molecule has 3 nitrogen and oxygen atoms in total. The smallest absolute Gasteiger partial charge is 0.345 e. The molecule has 184 valence electrons. The highest BCUT2D eigenvalue weighted by atomic mass is 32.2. The first kappa shape index (κ1) is 24.7. The molecule has 0 heterocycles. The Bertz CT molecular complexity index is 1460. The summed E-state index contributed by atoms with van der Waals surface area (Å²) in [6.45, 7) is 3.65. The quantitative estimate of drug-likeness (QED) is 0.159. The average Bonchev–Trinajstić information content (AvgIpc) is 2.93. The van der Waals surface area contributed by atoms with Gasteiger partial charge in [0.05, 0.1) is 10.9 Å². The van der Waals surface area contributed by atoms with Crippen molar-refractivity contribution in [2.24, 2.45) is 0 Å². The van der Waals surface area contributed by atoms with Crippen molar-refractivity contribution in [3.8, 4) is 5.75 Å². The maximum absolute atomic E-state index is 12.8. The first-order valence-corrected chi connectivity index (χ1v) is 13.5. The lowest BCUT2D eigenvalue weighted by Gasteiger charge is -2.26. The zero-order valence-electron chi connectivity index (χ0n) is 21.0. The van der Waals surface area contributed by atoms with E-state index in [0.717, 1.165) is 21.2 Å². The molecule has 37 heavy (non-hydrogen) atoms. The molecule has 0 aromatic heterocycles. The number of rotatable bonds is 8. The van der Waals surface area contributed by atoms with E-state index in [1.165, 1.54) is 9.79 Å². The fourth-order valence-electron chi connectivity index (χ4n) is 4.29. The minimum atomic E-state index is -0.778. The number of ether oxygens (including phenoxy) is 2. The number of hydrogen-bond acceptors (Lipinski definition) is 3. The third kappa shape index (κ3) is 5.87. The van der Waals surface area contributed by atoms with Crippen LogP contribution in [0.25, 0.3) is 10.8 Å². The Morgan fingerprint density at radius 2 is 1.24 bits per heavy atom. The summed E-state index contributed by atoms with van der Waals surface area (Å²) < 4.78 is 11.8. The first-order valence-electron chi connectivity index (χ1n) is 12.3. The second-order valence-corrected chi connectivity index (χ2v) is 11.3. The second kappa shape index (κ2) is 10.9. The van der Waals surface area contributed by atoms with Crippen molar-refractivity contribution in [3.05, 3.63) is 133 Å². The third-order valence-electron chi connectivity index (χ3n) is 6.17. The van der Waals surface area contributed by atoms with Crippen molar-refractivity contribution in [2.75, 3.05) is 6.61 Å². The number of benzene rings is 5. The minimum Gasteiger partial charge on any atom is -0.482 e. The van der Waals surface area contributed by atoms with Crippen LogP contribution in [0.3, 0.4) is 0 Å². The van der Waals surface area contributed by atoms with Crippen LogP contribution in [0.1, 0.15) is 19.4 Å². The molecule has 5 rings (SSSR count). The lowest BCUT2D eigenvalue weighted by molar-refractivity contribution is -0.159. The maximum Gasteiger partial charge on any atom is 0.345 e. The Morgan fingerprint density at radius 1 is 0.649 bits per heavy atom. The van der Waals surface area contributed by atoms with Gasteiger partial charge in [-0.25, -0.2) is 4.79 Å². The van der Waals surface area contributed by atoms with E-state index in [4.69, 9.17) is 9.47 Å². The summed E-state index contributed by atoms with van der Waals surface area (Å²) in [4.78, 5) is 16.4. The van der Waals surface area contributed by atoms with Crippen molar-refractivity contribution in [1.82, 2.24) is 0 Å². The van der Waals surface area contributed by atoms with Gasteiger partial charge in [0, 0.05) is 6.07 Å². The van der Waals surface area contributed by atoms with Gasteiger partial charge in [-0.3, -0.25) is 0 Å². The molecular formula is C33H29O3S+. The third-order valence-corrected chi connectivity index (χ3v) is 8.38. The van der Waals surface area contributed by atoms with Crippen LogP contribution >= 0.6 is 0 Å². The zero-order valence-corrected chi connectivity index (χ0v) is 21.8. The number of carbonyl (C=O) groups excluding carboxylic acids is 1. The van der Waals surface area contributed by atoms with E-state index in [1.807, 2.05) is 62.4 Å². The summed E-state index contributed by atoms with van der Waals surface area (Å²) in [5.41, 5.74) is 0.163. The van der Waals surface area contributed by atoms with Crippen molar-refractivity contribution in [3.63, 3.8) is 0 Å². The van der Waals surface area contributed by atoms with Gasteiger partial charge in [-0.1, -0.05) is 78.9 Å². The van der Waals surface area contributed by atoms with E-state index in [9.17, 15) is 4.79 Å². The largest absolute Gasteiger partial charge is 0.482 e. The Kier molecular flexibility index (Phi) is 7.29. The van der Waals surface area contributed by atoms with Crippen LogP contribution in [0.2, 0.25) is 0 Å². The van der Waals surface area contributed by atoms with Gasteiger partial charge in [0.1, 0.15) is 11.4 Å². The molecule has 5 aromatic rings. The fraction of sp³-hybridized carbons (Fsp3) is 0.121. The molecule has 0 aliphatic heterocycles. The van der Waals surface area contributed by atoms with Gasteiger partial charge < -0.3 is 9.47 Å². The number of esters is 1. The SMILES string of the molecule is CC(C)(OC(=O)COc1cccc([S+](c2ccccc2)c2ccccc2)c1)c1ccc2ccccc2c1. The molecule has 0 amide bonds. The molecular weight excluding hydrogens is 476 g/mol. The molecule has 0 saturated carbocycles. The molecule has 4 heteroatoms. The normalized spacial score (nSPS) is 11.4. The molecule has 0 saturated heterocycles. The van der Waals surface area contributed by atoms with Crippen LogP contribution < -0.4 is 4.74 Å². The molecule has 0 radical (unpaired) electrons. The van der Waals surface area contributed by atoms with E-state index < -0.39 is 11.6 Å². The summed E-state index contributed by atoms with van der Waals surface area (Å²) in [5, 5.41) is 2.27. The van der Waals surface area contributed by atoms with Gasteiger partial charge in [0.15, 0.2) is 21.3 Å².